The van der Waals surface area contributed by atoms with Gasteiger partial charge >= 0.3 is 0 Å². The summed E-state index contributed by atoms with van der Waals surface area (Å²) in [4.78, 5) is 3.23. The average Bonchev–Trinajstić information content (AvgIpc) is 2.20. The summed E-state index contributed by atoms with van der Waals surface area (Å²) in [6.07, 6.45) is 3.09. The Morgan fingerprint density at radius 1 is 1.50 bits per heavy atom. The molecule has 0 bridgehead atoms. The van der Waals surface area contributed by atoms with Gasteiger partial charge in [0, 0.05) is 25.6 Å². The highest BCUT2D eigenvalue weighted by molar-refractivity contribution is 7.80. The number of likely N-dealkylation sites (tertiary alicyclic amines) is 1. The van der Waals surface area contributed by atoms with Crippen molar-refractivity contribution in [2.24, 2.45) is 17.1 Å². The Labute approximate surface area is 106 Å². The smallest absolute Gasteiger partial charge is 0.0795 e. The molecule has 0 amide bonds. The molecule has 2 N–H and O–H groups in total. The van der Waals surface area contributed by atoms with E-state index in [2.05, 4.69) is 39.6 Å². The van der Waals surface area contributed by atoms with Crippen LogP contribution in [0.1, 0.15) is 47.0 Å². The van der Waals surface area contributed by atoms with Crippen LogP contribution in [0.3, 0.4) is 0 Å². The SMILES string of the molecule is CC[C@@H](C)C1(C)CN(C)C(=S)CC(C)(N)C1. The Morgan fingerprint density at radius 2 is 2.06 bits per heavy atom. The van der Waals surface area contributed by atoms with Crippen molar-refractivity contribution in [1.29, 1.82) is 0 Å². The molecule has 1 aliphatic heterocycles. The van der Waals surface area contributed by atoms with E-state index in [1.165, 1.54) is 6.42 Å². The van der Waals surface area contributed by atoms with Crippen LogP contribution in [0.2, 0.25) is 0 Å². The maximum Gasteiger partial charge on any atom is 0.0795 e. The molecule has 2 unspecified atom stereocenters. The molecule has 3 heteroatoms. The fourth-order valence-electron chi connectivity index (χ4n) is 2.97. The zero-order valence-corrected chi connectivity index (χ0v) is 12.2. The van der Waals surface area contributed by atoms with Gasteiger partial charge in [0.25, 0.3) is 0 Å². The molecule has 1 rings (SSSR count). The van der Waals surface area contributed by atoms with Gasteiger partial charge in [0.05, 0.1) is 4.99 Å². The maximum absolute atomic E-state index is 6.38. The molecule has 1 heterocycles. The molecular weight excluding hydrogens is 216 g/mol. The summed E-state index contributed by atoms with van der Waals surface area (Å²) in [7, 11) is 2.10. The van der Waals surface area contributed by atoms with E-state index in [-0.39, 0.29) is 11.0 Å². The highest BCUT2D eigenvalue weighted by Gasteiger charge is 2.41. The lowest BCUT2D eigenvalue weighted by atomic mass is 9.69. The second-order valence-electron chi connectivity index (χ2n) is 6.22. The molecule has 0 aromatic carbocycles. The Balaban J connectivity index is 2.98. The molecule has 0 radical (unpaired) electrons. The second-order valence-corrected chi connectivity index (χ2v) is 6.69. The fourth-order valence-corrected chi connectivity index (χ4v) is 3.37. The normalized spacial score (nSPS) is 38.4. The Bertz CT molecular complexity index is 275. The third kappa shape index (κ3) is 2.95. The van der Waals surface area contributed by atoms with Crippen molar-refractivity contribution >= 4 is 17.2 Å². The van der Waals surface area contributed by atoms with Crippen LogP contribution in [-0.2, 0) is 0 Å². The predicted molar refractivity (Wildman–Crippen MR) is 74.6 cm³/mol. The van der Waals surface area contributed by atoms with Gasteiger partial charge in [-0.3, -0.25) is 0 Å². The first-order valence-corrected chi connectivity index (χ1v) is 6.64. The lowest BCUT2D eigenvalue weighted by Gasteiger charge is -2.40. The van der Waals surface area contributed by atoms with Crippen LogP contribution in [0.25, 0.3) is 0 Å². The van der Waals surface area contributed by atoms with Gasteiger partial charge in [-0.25, -0.2) is 0 Å². The highest BCUT2D eigenvalue weighted by atomic mass is 32.1. The zero-order chi connectivity index (χ0) is 12.6. The van der Waals surface area contributed by atoms with Crippen LogP contribution in [0.5, 0.6) is 0 Å². The predicted octanol–water partition coefficient (Wildman–Crippen LogP) is 2.81. The fraction of sp³-hybridized carbons (Fsp3) is 0.923. The number of hydrogen-bond acceptors (Lipinski definition) is 2. The number of hydrogen-bond donors (Lipinski definition) is 1. The molecule has 0 aromatic heterocycles. The summed E-state index contributed by atoms with van der Waals surface area (Å²) in [5, 5.41) is 0. The van der Waals surface area contributed by atoms with Crippen molar-refractivity contribution in [3.63, 3.8) is 0 Å². The average molecular weight is 242 g/mol. The van der Waals surface area contributed by atoms with Gasteiger partial charge in [0.15, 0.2) is 0 Å². The van der Waals surface area contributed by atoms with Crippen molar-refractivity contribution in [2.45, 2.75) is 52.5 Å². The monoisotopic (exact) mass is 242 g/mol. The molecule has 94 valence electrons. The van der Waals surface area contributed by atoms with E-state index in [9.17, 15) is 0 Å². The van der Waals surface area contributed by atoms with Crippen LogP contribution in [-0.4, -0.2) is 29.0 Å². The van der Waals surface area contributed by atoms with Gasteiger partial charge in [0.1, 0.15) is 0 Å². The van der Waals surface area contributed by atoms with Crippen molar-refractivity contribution < 1.29 is 0 Å². The summed E-state index contributed by atoms with van der Waals surface area (Å²) in [6.45, 7) is 10.1. The largest absolute Gasteiger partial charge is 0.369 e. The molecule has 16 heavy (non-hydrogen) atoms. The molecular formula is C13H26N2S. The molecule has 0 aliphatic carbocycles. The summed E-state index contributed by atoms with van der Waals surface area (Å²) < 4.78 is 0. The van der Waals surface area contributed by atoms with Gasteiger partial charge in [0.2, 0.25) is 0 Å². The number of rotatable bonds is 2. The van der Waals surface area contributed by atoms with E-state index < -0.39 is 0 Å². The third-order valence-corrected chi connectivity index (χ3v) is 4.64. The zero-order valence-electron chi connectivity index (χ0n) is 11.3. The van der Waals surface area contributed by atoms with E-state index in [0.29, 0.717) is 5.92 Å². The van der Waals surface area contributed by atoms with E-state index >= 15 is 0 Å². The van der Waals surface area contributed by atoms with Crippen molar-refractivity contribution in [3.8, 4) is 0 Å². The van der Waals surface area contributed by atoms with Crippen molar-refractivity contribution in [1.82, 2.24) is 4.90 Å². The molecule has 0 aromatic rings. The highest BCUT2D eigenvalue weighted by Crippen LogP contribution is 2.40. The van der Waals surface area contributed by atoms with E-state index in [0.717, 1.165) is 24.4 Å². The lowest BCUT2D eigenvalue weighted by molar-refractivity contribution is 0.125. The number of thiocarbonyl (C=S) groups is 1. The van der Waals surface area contributed by atoms with Crippen molar-refractivity contribution in [2.75, 3.05) is 13.6 Å². The first-order valence-electron chi connectivity index (χ1n) is 6.23. The summed E-state index contributed by atoms with van der Waals surface area (Å²) in [5.74, 6) is 0.679. The number of nitrogens with zero attached hydrogens (tertiary/aromatic N) is 1. The van der Waals surface area contributed by atoms with Crippen LogP contribution >= 0.6 is 12.2 Å². The van der Waals surface area contributed by atoms with Crippen LogP contribution in [0.15, 0.2) is 0 Å². The molecule has 1 aliphatic rings. The van der Waals surface area contributed by atoms with Gasteiger partial charge in [-0.05, 0) is 24.7 Å². The number of nitrogens with two attached hydrogens (primary N) is 1. The molecule has 1 fully saturated rings. The van der Waals surface area contributed by atoms with Crippen LogP contribution in [0.4, 0.5) is 0 Å². The van der Waals surface area contributed by atoms with E-state index in [1.807, 2.05) is 0 Å². The van der Waals surface area contributed by atoms with Crippen LogP contribution in [0, 0.1) is 11.3 Å². The van der Waals surface area contributed by atoms with Gasteiger partial charge in [-0.15, -0.1) is 0 Å². The Hall–Kier alpha value is -0.150. The minimum Gasteiger partial charge on any atom is -0.369 e. The second kappa shape index (κ2) is 4.61. The lowest BCUT2D eigenvalue weighted by Crippen LogP contribution is -2.43. The maximum atomic E-state index is 6.38. The van der Waals surface area contributed by atoms with E-state index in [1.54, 1.807) is 0 Å². The molecule has 3 atom stereocenters. The van der Waals surface area contributed by atoms with Gasteiger partial charge in [-0.2, -0.15) is 0 Å². The standard InChI is InChI=1S/C13H26N2S/c1-6-10(2)12(3)8-13(4,14)7-11(16)15(5)9-12/h10H,6-9,14H2,1-5H3/t10-,12?,13?/m1/s1. The van der Waals surface area contributed by atoms with Crippen molar-refractivity contribution in [3.05, 3.63) is 0 Å². The quantitative estimate of drug-likeness (QED) is 0.755. The first kappa shape index (κ1) is 13.9. The summed E-state index contributed by atoms with van der Waals surface area (Å²) in [5.41, 5.74) is 6.50. The topological polar surface area (TPSA) is 29.3 Å². The minimum absolute atomic E-state index is 0.153. The minimum atomic E-state index is -0.153. The van der Waals surface area contributed by atoms with Gasteiger partial charge in [-0.1, -0.05) is 39.4 Å². The summed E-state index contributed by atoms with van der Waals surface area (Å²) in [6, 6.07) is 0. The summed E-state index contributed by atoms with van der Waals surface area (Å²) >= 11 is 5.44. The van der Waals surface area contributed by atoms with E-state index in [4.69, 9.17) is 18.0 Å². The van der Waals surface area contributed by atoms with Gasteiger partial charge < -0.3 is 10.6 Å². The molecule has 0 spiro atoms. The molecule has 2 nitrogen and oxygen atoms in total. The molecule has 1 saturated heterocycles. The Kier molecular flexibility index (Phi) is 4.01. The first-order chi connectivity index (χ1) is 7.20. The third-order valence-electron chi connectivity index (χ3n) is 4.19. The van der Waals surface area contributed by atoms with Crippen LogP contribution < -0.4 is 5.73 Å². The Morgan fingerprint density at radius 3 is 2.56 bits per heavy atom. The molecule has 0 saturated carbocycles.